The number of hydrogen-bond acceptors (Lipinski definition) is 3. The minimum atomic E-state index is -3.41. The molecule has 0 aliphatic rings. The Bertz CT molecular complexity index is 495. The molecule has 0 aromatic heterocycles. The van der Waals surface area contributed by atoms with E-state index in [9.17, 15) is 8.42 Å². The van der Waals surface area contributed by atoms with Crippen molar-refractivity contribution in [2.24, 2.45) is 5.73 Å². The van der Waals surface area contributed by atoms with Crippen molar-refractivity contribution in [3.8, 4) is 0 Å². The van der Waals surface area contributed by atoms with Crippen LogP contribution >= 0.6 is 0 Å². The highest BCUT2D eigenvalue weighted by Crippen LogP contribution is 2.16. The van der Waals surface area contributed by atoms with E-state index in [1.807, 2.05) is 19.1 Å². The molecule has 0 saturated heterocycles. The summed E-state index contributed by atoms with van der Waals surface area (Å²) in [4.78, 5) is 0.327. The third kappa shape index (κ3) is 4.16. The molecule has 19 heavy (non-hydrogen) atoms. The van der Waals surface area contributed by atoms with Crippen molar-refractivity contribution in [1.29, 1.82) is 0 Å². The highest BCUT2D eigenvalue weighted by molar-refractivity contribution is 7.89. The standard InChI is InChI=1S/C14H22N2O2S/c1-3-12-16(4-2)19(17,18)14-9-7-13(8-10-14)6-5-11-15/h3,7-10H,1,4-6,11-12,15H2,2H3. The summed E-state index contributed by atoms with van der Waals surface area (Å²) in [6.45, 7) is 6.80. The highest BCUT2D eigenvalue weighted by Gasteiger charge is 2.21. The van der Waals surface area contributed by atoms with Gasteiger partial charge in [-0.2, -0.15) is 4.31 Å². The number of likely N-dealkylation sites (N-methyl/N-ethyl adjacent to an activating group) is 1. The lowest BCUT2D eigenvalue weighted by Gasteiger charge is -2.18. The van der Waals surface area contributed by atoms with Crippen LogP contribution < -0.4 is 5.73 Å². The molecule has 106 valence electrons. The largest absolute Gasteiger partial charge is 0.330 e. The van der Waals surface area contributed by atoms with E-state index in [2.05, 4.69) is 6.58 Å². The van der Waals surface area contributed by atoms with E-state index in [0.717, 1.165) is 18.4 Å². The Morgan fingerprint density at radius 1 is 1.32 bits per heavy atom. The van der Waals surface area contributed by atoms with Gasteiger partial charge in [-0.05, 0) is 37.1 Å². The van der Waals surface area contributed by atoms with Crippen LogP contribution in [0, 0.1) is 0 Å². The predicted molar refractivity (Wildman–Crippen MR) is 78.4 cm³/mol. The predicted octanol–water partition coefficient (Wildman–Crippen LogP) is 1.77. The van der Waals surface area contributed by atoms with Gasteiger partial charge in [0, 0.05) is 13.1 Å². The van der Waals surface area contributed by atoms with Gasteiger partial charge in [0.15, 0.2) is 0 Å². The highest BCUT2D eigenvalue weighted by atomic mass is 32.2. The molecule has 1 aromatic carbocycles. The number of nitrogens with two attached hydrogens (primary N) is 1. The van der Waals surface area contributed by atoms with Gasteiger partial charge in [-0.15, -0.1) is 6.58 Å². The minimum absolute atomic E-state index is 0.327. The second-order valence-corrected chi connectivity index (χ2v) is 6.22. The van der Waals surface area contributed by atoms with Gasteiger partial charge in [0.1, 0.15) is 0 Å². The average molecular weight is 282 g/mol. The van der Waals surface area contributed by atoms with Crippen molar-refractivity contribution in [2.45, 2.75) is 24.7 Å². The van der Waals surface area contributed by atoms with Crippen LogP contribution in [0.3, 0.4) is 0 Å². The van der Waals surface area contributed by atoms with E-state index in [0.29, 0.717) is 24.5 Å². The van der Waals surface area contributed by atoms with Gasteiger partial charge in [0.2, 0.25) is 10.0 Å². The summed E-state index contributed by atoms with van der Waals surface area (Å²) in [5, 5.41) is 0. The van der Waals surface area contributed by atoms with Crippen LogP contribution in [-0.2, 0) is 16.4 Å². The molecular formula is C14H22N2O2S. The summed E-state index contributed by atoms with van der Waals surface area (Å²) < 4.78 is 26.1. The zero-order valence-electron chi connectivity index (χ0n) is 11.4. The van der Waals surface area contributed by atoms with Crippen molar-refractivity contribution >= 4 is 10.0 Å². The minimum Gasteiger partial charge on any atom is -0.330 e. The SMILES string of the molecule is C=CCN(CC)S(=O)(=O)c1ccc(CCCN)cc1. The molecule has 0 amide bonds. The molecule has 0 saturated carbocycles. The first-order valence-corrected chi connectivity index (χ1v) is 7.90. The number of hydrogen-bond donors (Lipinski definition) is 1. The normalized spacial score (nSPS) is 11.7. The lowest BCUT2D eigenvalue weighted by Crippen LogP contribution is -2.30. The summed E-state index contributed by atoms with van der Waals surface area (Å²) in [7, 11) is -3.41. The molecule has 1 rings (SSSR count). The molecule has 5 heteroatoms. The fourth-order valence-corrected chi connectivity index (χ4v) is 3.24. The summed E-state index contributed by atoms with van der Waals surface area (Å²) in [5.74, 6) is 0. The van der Waals surface area contributed by atoms with Crippen LogP contribution in [0.25, 0.3) is 0 Å². The Labute approximate surface area is 116 Å². The van der Waals surface area contributed by atoms with Gasteiger partial charge < -0.3 is 5.73 Å². The van der Waals surface area contributed by atoms with Crippen molar-refractivity contribution in [2.75, 3.05) is 19.6 Å². The molecule has 0 radical (unpaired) electrons. The fourth-order valence-electron chi connectivity index (χ4n) is 1.82. The summed E-state index contributed by atoms with van der Waals surface area (Å²) in [5.41, 5.74) is 6.56. The molecule has 0 heterocycles. The Morgan fingerprint density at radius 3 is 2.42 bits per heavy atom. The van der Waals surface area contributed by atoms with Crippen molar-refractivity contribution in [1.82, 2.24) is 4.31 Å². The third-order valence-corrected chi connectivity index (χ3v) is 4.87. The van der Waals surface area contributed by atoms with Gasteiger partial charge in [0.05, 0.1) is 4.90 Å². The summed E-state index contributed by atoms with van der Waals surface area (Å²) >= 11 is 0. The first-order valence-electron chi connectivity index (χ1n) is 6.46. The topological polar surface area (TPSA) is 63.4 Å². The number of aryl methyl sites for hydroxylation is 1. The Kier molecular flexibility index (Phi) is 6.21. The maximum Gasteiger partial charge on any atom is 0.243 e. The quantitative estimate of drug-likeness (QED) is 0.739. The molecular weight excluding hydrogens is 260 g/mol. The molecule has 0 aliphatic carbocycles. The molecule has 4 nitrogen and oxygen atoms in total. The van der Waals surface area contributed by atoms with Crippen molar-refractivity contribution in [3.05, 3.63) is 42.5 Å². The maximum absolute atomic E-state index is 12.3. The van der Waals surface area contributed by atoms with E-state index < -0.39 is 10.0 Å². The zero-order valence-corrected chi connectivity index (χ0v) is 12.2. The lowest BCUT2D eigenvalue weighted by atomic mass is 10.1. The number of sulfonamides is 1. The van der Waals surface area contributed by atoms with Crippen LogP contribution in [0.15, 0.2) is 41.8 Å². The van der Waals surface area contributed by atoms with Gasteiger partial charge in [-0.25, -0.2) is 8.42 Å². The first kappa shape index (κ1) is 15.9. The van der Waals surface area contributed by atoms with E-state index >= 15 is 0 Å². The second kappa shape index (κ2) is 7.43. The Hall–Kier alpha value is -1.17. The number of rotatable bonds is 8. The smallest absolute Gasteiger partial charge is 0.243 e. The van der Waals surface area contributed by atoms with Crippen LogP contribution in [0.1, 0.15) is 18.9 Å². The molecule has 2 N–H and O–H groups in total. The van der Waals surface area contributed by atoms with Gasteiger partial charge in [0.25, 0.3) is 0 Å². The van der Waals surface area contributed by atoms with Gasteiger partial charge >= 0.3 is 0 Å². The van der Waals surface area contributed by atoms with E-state index in [1.54, 1.807) is 18.2 Å². The van der Waals surface area contributed by atoms with E-state index in [4.69, 9.17) is 5.73 Å². The maximum atomic E-state index is 12.3. The Balaban J connectivity index is 2.92. The van der Waals surface area contributed by atoms with Gasteiger partial charge in [-0.3, -0.25) is 0 Å². The van der Waals surface area contributed by atoms with Crippen molar-refractivity contribution in [3.63, 3.8) is 0 Å². The summed E-state index contributed by atoms with van der Waals surface area (Å²) in [6.07, 6.45) is 3.38. The van der Waals surface area contributed by atoms with Gasteiger partial charge in [-0.1, -0.05) is 25.1 Å². The number of nitrogens with zero attached hydrogens (tertiary/aromatic N) is 1. The molecule has 0 bridgehead atoms. The van der Waals surface area contributed by atoms with E-state index in [-0.39, 0.29) is 0 Å². The molecule has 0 atom stereocenters. The number of benzene rings is 1. The average Bonchev–Trinajstić information content (AvgIpc) is 2.42. The molecule has 0 unspecified atom stereocenters. The molecule has 0 spiro atoms. The second-order valence-electron chi connectivity index (χ2n) is 4.28. The first-order chi connectivity index (χ1) is 9.06. The Morgan fingerprint density at radius 2 is 1.95 bits per heavy atom. The van der Waals surface area contributed by atoms with Crippen LogP contribution in [-0.4, -0.2) is 32.4 Å². The molecule has 1 aromatic rings. The summed E-state index contributed by atoms with van der Waals surface area (Å²) in [6, 6.07) is 7.02. The van der Waals surface area contributed by atoms with Crippen LogP contribution in [0.5, 0.6) is 0 Å². The molecule has 0 fully saturated rings. The fraction of sp³-hybridized carbons (Fsp3) is 0.429. The molecule has 0 aliphatic heterocycles. The zero-order chi connectivity index (χ0) is 14.3. The van der Waals surface area contributed by atoms with Crippen LogP contribution in [0.2, 0.25) is 0 Å². The lowest BCUT2D eigenvalue weighted by molar-refractivity contribution is 0.460. The third-order valence-electron chi connectivity index (χ3n) is 2.92. The van der Waals surface area contributed by atoms with Crippen molar-refractivity contribution < 1.29 is 8.42 Å². The van der Waals surface area contributed by atoms with Crippen LogP contribution in [0.4, 0.5) is 0 Å². The monoisotopic (exact) mass is 282 g/mol. The van der Waals surface area contributed by atoms with E-state index in [1.165, 1.54) is 4.31 Å².